The molecule has 3 rings (SSSR count). The quantitative estimate of drug-likeness (QED) is 0.278. The molecule has 0 radical (unpaired) electrons. The number of ether oxygens (including phenoxy) is 3. The highest BCUT2D eigenvalue weighted by Gasteiger charge is 2.13. The number of hydrogen-bond acceptors (Lipinski definition) is 5. The van der Waals surface area contributed by atoms with E-state index in [1.165, 1.54) is 6.21 Å². The molecule has 0 atom stereocenters. The van der Waals surface area contributed by atoms with Crippen LogP contribution in [-0.2, 0) is 6.61 Å². The summed E-state index contributed by atoms with van der Waals surface area (Å²) in [5, 5.41) is 5.07. The van der Waals surface area contributed by atoms with Gasteiger partial charge in [0.05, 0.1) is 30.5 Å². The fourth-order valence-electron chi connectivity index (χ4n) is 2.81. The van der Waals surface area contributed by atoms with Gasteiger partial charge in [0, 0.05) is 15.6 Å². The Morgan fingerprint density at radius 1 is 1.06 bits per heavy atom. The lowest BCUT2D eigenvalue weighted by atomic mass is 10.2. The summed E-state index contributed by atoms with van der Waals surface area (Å²) in [6.45, 7) is 0.184. The predicted octanol–water partition coefficient (Wildman–Crippen LogP) is 6.12. The van der Waals surface area contributed by atoms with E-state index in [0.29, 0.717) is 42.9 Å². The summed E-state index contributed by atoms with van der Waals surface area (Å²) in [6.07, 6.45) is 1.50. The van der Waals surface area contributed by atoms with Crippen molar-refractivity contribution in [2.45, 2.75) is 6.61 Å². The van der Waals surface area contributed by atoms with Crippen molar-refractivity contribution in [1.82, 2.24) is 5.43 Å². The molecule has 0 saturated carbocycles. The summed E-state index contributed by atoms with van der Waals surface area (Å²) in [4.78, 5) is 12.7. The number of halogens is 3. The second kappa shape index (κ2) is 11.2. The van der Waals surface area contributed by atoms with Crippen molar-refractivity contribution in [1.29, 1.82) is 0 Å². The van der Waals surface area contributed by atoms with Crippen LogP contribution in [0.4, 0.5) is 0 Å². The molecular formula is C23H19BrCl2N2O4. The van der Waals surface area contributed by atoms with Crippen LogP contribution in [0.5, 0.6) is 17.2 Å². The number of benzene rings is 3. The molecule has 3 aromatic carbocycles. The summed E-state index contributed by atoms with van der Waals surface area (Å²) < 4.78 is 17.1. The first-order valence-corrected chi connectivity index (χ1v) is 10.9. The molecule has 0 aliphatic heterocycles. The number of hydrazone groups is 1. The summed E-state index contributed by atoms with van der Waals surface area (Å²) in [5.74, 6) is 1.09. The molecule has 0 saturated heterocycles. The maximum absolute atomic E-state index is 12.7. The molecule has 0 aliphatic carbocycles. The highest BCUT2D eigenvalue weighted by molar-refractivity contribution is 9.10. The lowest BCUT2D eigenvalue weighted by Crippen LogP contribution is -2.18. The number of carbonyl (C=O) groups excluding carboxylic acids is 1. The number of carbonyl (C=O) groups is 1. The minimum atomic E-state index is -0.418. The Kier molecular flexibility index (Phi) is 8.39. The molecule has 9 heteroatoms. The van der Waals surface area contributed by atoms with E-state index < -0.39 is 5.91 Å². The zero-order valence-corrected chi connectivity index (χ0v) is 20.3. The fraction of sp³-hybridized carbons (Fsp3) is 0.130. The molecule has 6 nitrogen and oxygen atoms in total. The lowest BCUT2D eigenvalue weighted by Gasteiger charge is -2.12. The Morgan fingerprint density at radius 3 is 2.56 bits per heavy atom. The first-order chi connectivity index (χ1) is 15.4. The number of para-hydroxylation sites is 1. The van der Waals surface area contributed by atoms with E-state index in [1.54, 1.807) is 68.8 Å². The zero-order chi connectivity index (χ0) is 23.1. The van der Waals surface area contributed by atoms with Crippen LogP contribution < -0.4 is 19.6 Å². The van der Waals surface area contributed by atoms with Crippen molar-refractivity contribution in [3.63, 3.8) is 0 Å². The molecule has 32 heavy (non-hydrogen) atoms. The summed E-state index contributed by atoms with van der Waals surface area (Å²) >= 11 is 15.5. The van der Waals surface area contributed by atoms with Crippen LogP contribution in [0, 0.1) is 0 Å². The fourth-order valence-corrected chi connectivity index (χ4v) is 3.90. The van der Waals surface area contributed by atoms with Crippen molar-refractivity contribution in [3.05, 3.63) is 85.8 Å². The number of rotatable bonds is 8. The minimum absolute atomic E-state index is 0.184. The van der Waals surface area contributed by atoms with Crippen LogP contribution in [0.2, 0.25) is 10.0 Å². The van der Waals surface area contributed by atoms with Gasteiger partial charge in [-0.2, -0.15) is 5.10 Å². The molecule has 0 aliphatic rings. The minimum Gasteiger partial charge on any atom is -0.493 e. The Balaban J connectivity index is 1.70. The van der Waals surface area contributed by atoms with Gasteiger partial charge in [0.2, 0.25) is 0 Å². The molecule has 0 fully saturated rings. The topological polar surface area (TPSA) is 69.2 Å². The van der Waals surface area contributed by atoms with Gasteiger partial charge in [0.1, 0.15) is 12.4 Å². The molecule has 166 valence electrons. The molecular weight excluding hydrogens is 519 g/mol. The van der Waals surface area contributed by atoms with Crippen LogP contribution in [0.25, 0.3) is 0 Å². The highest BCUT2D eigenvalue weighted by Crippen LogP contribution is 2.35. The van der Waals surface area contributed by atoms with E-state index in [1.807, 2.05) is 0 Å². The molecule has 0 bridgehead atoms. The zero-order valence-electron chi connectivity index (χ0n) is 17.2. The van der Waals surface area contributed by atoms with E-state index in [0.717, 1.165) is 5.56 Å². The average Bonchev–Trinajstić information content (AvgIpc) is 2.78. The van der Waals surface area contributed by atoms with Gasteiger partial charge in [-0.1, -0.05) is 41.4 Å². The van der Waals surface area contributed by atoms with E-state index in [4.69, 9.17) is 37.4 Å². The van der Waals surface area contributed by atoms with Crippen LogP contribution in [0.3, 0.4) is 0 Å². The molecule has 1 amide bonds. The highest BCUT2D eigenvalue weighted by atomic mass is 79.9. The Labute approximate surface area is 204 Å². The number of hydrogen-bond donors (Lipinski definition) is 1. The number of nitrogens with zero attached hydrogens (tertiary/aromatic N) is 1. The van der Waals surface area contributed by atoms with Gasteiger partial charge >= 0.3 is 0 Å². The molecule has 0 aromatic heterocycles. The average molecular weight is 538 g/mol. The maximum Gasteiger partial charge on any atom is 0.275 e. The first kappa shape index (κ1) is 23.9. The summed E-state index contributed by atoms with van der Waals surface area (Å²) in [5.41, 5.74) is 4.30. The number of nitrogens with one attached hydrogen (secondary N) is 1. The van der Waals surface area contributed by atoms with Gasteiger partial charge in [-0.15, -0.1) is 0 Å². The molecule has 1 N–H and O–H groups in total. The van der Waals surface area contributed by atoms with Crippen molar-refractivity contribution < 1.29 is 19.0 Å². The molecule has 3 aromatic rings. The van der Waals surface area contributed by atoms with Crippen molar-refractivity contribution in [2.24, 2.45) is 5.10 Å². The predicted molar refractivity (Wildman–Crippen MR) is 130 cm³/mol. The third-order valence-corrected chi connectivity index (χ3v) is 5.54. The summed E-state index contributed by atoms with van der Waals surface area (Å²) in [6, 6.07) is 15.6. The second-order valence-corrected chi connectivity index (χ2v) is 8.16. The monoisotopic (exact) mass is 536 g/mol. The lowest BCUT2D eigenvalue weighted by molar-refractivity contribution is 0.0950. The van der Waals surface area contributed by atoms with E-state index in [2.05, 4.69) is 26.5 Å². The van der Waals surface area contributed by atoms with E-state index in [-0.39, 0.29) is 6.61 Å². The van der Waals surface area contributed by atoms with Gasteiger partial charge in [0.15, 0.2) is 11.5 Å². The number of amides is 1. The third kappa shape index (κ3) is 5.94. The normalized spacial score (nSPS) is 10.8. The summed E-state index contributed by atoms with van der Waals surface area (Å²) in [7, 11) is 3.10. The Bertz CT molecular complexity index is 1150. The van der Waals surface area contributed by atoms with E-state index in [9.17, 15) is 4.79 Å². The Morgan fingerprint density at radius 2 is 1.84 bits per heavy atom. The second-order valence-electron chi connectivity index (χ2n) is 6.46. The Hall–Kier alpha value is -2.74. The molecule has 0 spiro atoms. The van der Waals surface area contributed by atoms with Gasteiger partial charge in [-0.05, 0) is 57.9 Å². The molecule has 0 unspecified atom stereocenters. The van der Waals surface area contributed by atoms with Crippen molar-refractivity contribution >= 4 is 51.3 Å². The maximum atomic E-state index is 12.7. The van der Waals surface area contributed by atoms with Crippen molar-refractivity contribution in [3.8, 4) is 17.2 Å². The largest absolute Gasteiger partial charge is 0.493 e. The van der Waals surface area contributed by atoms with Crippen LogP contribution in [0.1, 0.15) is 21.5 Å². The van der Waals surface area contributed by atoms with E-state index >= 15 is 0 Å². The van der Waals surface area contributed by atoms with Crippen LogP contribution in [-0.4, -0.2) is 26.3 Å². The van der Waals surface area contributed by atoms with Crippen LogP contribution in [0.15, 0.2) is 64.2 Å². The van der Waals surface area contributed by atoms with Gasteiger partial charge in [-0.25, -0.2) is 5.43 Å². The molecule has 0 heterocycles. The third-order valence-electron chi connectivity index (χ3n) is 4.37. The van der Waals surface area contributed by atoms with Gasteiger partial charge in [-0.3, -0.25) is 4.79 Å². The van der Waals surface area contributed by atoms with Gasteiger partial charge in [0.25, 0.3) is 5.91 Å². The smallest absolute Gasteiger partial charge is 0.275 e. The van der Waals surface area contributed by atoms with Gasteiger partial charge < -0.3 is 14.2 Å². The number of methoxy groups -OCH3 is 2. The first-order valence-electron chi connectivity index (χ1n) is 9.33. The van der Waals surface area contributed by atoms with Crippen molar-refractivity contribution in [2.75, 3.05) is 14.2 Å². The van der Waals surface area contributed by atoms with Crippen LogP contribution >= 0.6 is 39.1 Å². The SMILES string of the molecule is COc1cc(/C=N/NC(=O)c2ccccc2OCc2ccc(Cl)cc2Cl)cc(Br)c1OC. The standard InChI is InChI=1S/C23H19BrCl2N2O4/c1-30-21-10-14(9-18(24)22(21)31-2)12-27-28-23(29)17-5-3-4-6-20(17)32-13-15-7-8-16(25)11-19(15)26/h3-12H,13H2,1-2H3,(H,28,29)/b27-12+.